The molecule has 3 N–H and O–H groups in total. The summed E-state index contributed by atoms with van der Waals surface area (Å²) in [7, 11) is 0. The Hall–Kier alpha value is -1.03. The fourth-order valence-corrected chi connectivity index (χ4v) is 1.93. The van der Waals surface area contributed by atoms with Crippen molar-refractivity contribution in [3.05, 3.63) is 21.6 Å². The van der Waals surface area contributed by atoms with Gasteiger partial charge in [0.2, 0.25) is 0 Å². The Kier molecular flexibility index (Phi) is 2.00. The number of rotatable bonds is 1. The van der Waals surface area contributed by atoms with Gasteiger partial charge in [0.15, 0.2) is 0 Å². The van der Waals surface area contributed by atoms with Gasteiger partial charge in [-0.25, -0.2) is 0 Å². The van der Waals surface area contributed by atoms with E-state index >= 15 is 0 Å². The van der Waals surface area contributed by atoms with Gasteiger partial charge in [0.05, 0.1) is 11.7 Å². The number of hydrogen-bond acceptors (Lipinski definition) is 2. The predicted molar refractivity (Wildman–Crippen MR) is 50.7 cm³/mol. The molecule has 4 heteroatoms. The second kappa shape index (κ2) is 3.03. The third kappa shape index (κ3) is 1.31. The van der Waals surface area contributed by atoms with Crippen LogP contribution in [-0.4, -0.2) is 16.7 Å². The maximum atomic E-state index is 11.3. The molecule has 2 rings (SSSR count). The van der Waals surface area contributed by atoms with E-state index in [1.54, 1.807) is 0 Å². The van der Waals surface area contributed by atoms with Gasteiger partial charge in [-0.05, 0) is 12.3 Å². The van der Waals surface area contributed by atoms with Crippen molar-refractivity contribution in [3.8, 4) is 0 Å². The van der Waals surface area contributed by atoms with Gasteiger partial charge in [0.25, 0.3) is 5.56 Å². The van der Waals surface area contributed by atoms with Crippen LogP contribution in [0.4, 0.5) is 0 Å². The lowest BCUT2D eigenvalue weighted by Crippen LogP contribution is -2.34. The zero-order valence-corrected chi connectivity index (χ0v) is 7.98. The Balaban J connectivity index is 2.43. The second-order valence-corrected chi connectivity index (χ2v) is 3.90. The van der Waals surface area contributed by atoms with E-state index in [9.17, 15) is 4.79 Å². The van der Waals surface area contributed by atoms with Crippen LogP contribution in [0.1, 0.15) is 31.1 Å². The van der Waals surface area contributed by atoms with Crippen LogP contribution in [0.5, 0.6) is 0 Å². The van der Waals surface area contributed by atoms with Crippen LogP contribution in [-0.2, 0) is 6.42 Å². The van der Waals surface area contributed by atoms with E-state index in [4.69, 9.17) is 0 Å². The normalized spacial score (nSPS) is 21.9. The molecule has 72 valence electrons. The summed E-state index contributed by atoms with van der Waals surface area (Å²) in [4.78, 5) is 11.3. The van der Waals surface area contributed by atoms with Crippen LogP contribution < -0.4 is 10.9 Å². The first-order valence-corrected chi connectivity index (χ1v) is 4.73. The average Bonchev–Trinajstić information content (AvgIpc) is 2.48. The zero-order chi connectivity index (χ0) is 9.42. The van der Waals surface area contributed by atoms with Crippen molar-refractivity contribution in [2.24, 2.45) is 5.92 Å². The molecule has 0 spiro atoms. The summed E-state index contributed by atoms with van der Waals surface area (Å²) in [6, 6.07) is 0.294. The Bertz CT molecular complexity index is 350. The summed E-state index contributed by atoms with van der Waals surface area (Å²) in [5.41, 5.74) is 2.02. The number of hydrogen-bond donors (Lipinski definition) is 3. The fourth-order valence-electron chi connectivity index (χ4n) is 1.93. The fraction of sp³-hybridized carbons (Fsp3) is 0.667. The highest BCUT2D eigenvalue weighted by Gasteiger charge is 2.25. The summed E-state index contributed by atoms with van der Waals surface area (Å²) in [6.45, 7) is 5.20. The van der Waals surface area contributed by atoms with Crippen LogP contribution >= 0.6 is 0 Å². The van der Waals surface area contributed by atoms with Crippen LogP contribution in [0.2, 0.25) is 0 Å². The first kappa shape index (κ1) is 8.56. The van der Waals surface area contributed by atoms with Crippen molar-refractivity contribution in [2.45, 2.75) is 26.3 Å². The molecular formula is C9H15N3O. The van der Waals surface area contributed by atoms with Gasteiger partial charge < -0.3 is 10.4 Å². The minimum atomic E-state index is 0.0437. The molecule has 13 heavy (non-hydrogen) atoms. The largest absolute Gasteiger partial charge is 0.308 e. The van der Waals surface area contributed by atoms with E-state index in [-0.39, 0.29) is 5.56 Å². The van der Waals surface area contributed by atoms with Gasteiger partial charge in [0.1, 0.15) is 0 Å². The first-order chi connectivity index (χ1) is 6.20. The molecule has 0 amide bonds. The van der Waals surface area contributed by atoms with Crippen molar-refractivity contribution in [1.82, 2.24) is 15.5 Å². The summed E-state index contributed by atoms with van der Waals surface area (Å²) in [5, 5.41) is 9.00. The van der Waals surface area contributed by atoms with Crippen molar-refractivity contribution in [2.75, 3.05) is 6.54 Å². The lowest BCUT2D eigenvalue weighted by atomic mass is 9.94. The lowest BCUT2D eigenvalue weighted by Gasteiger charge is -2.26. The van der Waals surface area contributed by atoms with Crippen molar-refractivity contribution >= 4 is 0 Å². The van der Waals surface area contributed by atoms with Crippen molar-refractivity contribution in [3.63, 3.8) is 0 Å². The second-order valence-electron chi connectivity index (χ2n) is 3.90. The molecule has 2 heterocycles. The maximum Gasteiger partial charge on any atom is 0.267 e. The molecule has 0 saturated heterocycles. The standard InChI is InChI=1S/C9H15N3O/c1-5(2)7-8-6(3-4-10-7)9(13)12-11-8/h5,7,10H,3-4H2,1-2H3,(H2,11,12,13). The average molecular weight is 181 g/mol. The Morgan fingerprint density at radius 2 is 2.15 bits per heavy atom. The lowest BCUT2D eigenvalue weighted by molar-refractivity contribution is 0.387. The van der Waals surface area contributed by atoms with Gasteiger partial charge in [-0.3, -0.25) is 9.89 Å². The van der Waals surface area contributed by atoms with Crippen LogP contribution in [0.3, 0.4) is 0 Å². The van der Waals surface area contributed by atoms with Crippen LogP contribution in [0, 0.1) is 5.92 Å². The van der Waals surface area contributed by atoms with E-state index < -0.39 is 0 Å². The van der Waals surface area contributed by atoms with Crippen molar-refractivity contribution in [1.29, 1.82) is 0 Å². The van der Waals surface area contributed by atoms with Gasteiger partial charge >= 0.3 is 0 Å². The molecule has 1 aromatic heterocycles. The zero-order valence-electron chi connectivity index (χ0n) is 7.98. The number of nitrogens with one attached hydrogen (secondary N) is 3. The molecule has 0 aliphatic carbocycles. The van der Waals surface area contributed by atoms with E-state index in [1.165, 1.54) is 0 Å². The third-order valence-electron chi connectivity index (χ3n) is 2.63. The number of fused-ring (bicyclic) bond motifs is 1. The topological polar surface area (TPSA) is 60.7 Å². The monoisotopic (exact) mass is 181 g/mol. The molecule has 4 nitrogen and oxygen atoms in total. The highest BCUT2D eigenvalue weighted by atomic mass is 16.1. The quantitative estimate of drug-likeness (QED) is 0.592. The summed E-state index contributed by atoms with van der Waals surface area (Å²) in [5.74, 6) is 0.505. The predicted octanol–water partition coefficient (Wildman–Crippen LogP) is 0.546. The molecule has 0 saturated carbocycles. The van der Waals surface area contributed by atoms with E-state index in [0.717, 1.165) is 24.2 Å². The molecule has 1 aromatic rings. The van der Waals surface area contributed by atoms with E-state index in [0.29, 0.717) is 12.0 Å². The molecule has 0 bridgehead atoms. The van der Waals surface area contributed by atoms with Crippen LogP contribution in [0.15, 0.2) is 4.79 Å². The summed E-state index contributed by atoms with van der Waals surface area (Å²) >= 11 is 0. The molecule has 1 aliphatic heterocycles. The Morgan fingerprint density at radius 1 is 1.38 bits per heavy atom. The van der Waals surface area contributed by atoms with Crippen LogP contribution in [0.25, 0.3) is 0 Å². The highest BCUT2D eigenvalue weighted by molar-refractivity contribution is 5.23. The summed E-state index contributed by atoms with van der Waals surface area (Å²) in [6.07, 6.45) is 0.831. The SMILES string of the molecule is CC(C)C1NCCc2c1[nH][nH]c2=O. The Labute approximate surface area is 76.7 Å². The molecular weight excluding hydrogens is 166 g/mol. The highest BCUT2D eigenvalue weighted by Crippen LogP contribution is 2.24. The summed E-state index contributed by atoms with van der Waals surface area (Å²) < 4.78 is 0. The minimum Gasteiger partial charge on any atom is -0.308 e. The molecule has 0 radical (unpaired) electrons. The van der Waals surface area contributed by atoms with E-state index in [1.807, 2.05) is 0 Å². The molecule has 1 aliphatic rings. The van der Waals surface area contributed by atoms with Gasteiger partial charge in [-0.15, -0.1) is 0 Å². The van der Waals surface area contributed by atoms with Gasteiger partial charge in [-0.1, -0.05) is 13.8 Å². The minimum absolute atomic E-state index is 0.0437. The molecule has 1 unspecified atom stereocenters. The number of aromatic nitrogens is 2. The third-order valence-corrected chi connectivity index (χ3v) is 2.63. The first-order valence-electron chi connectivity index (χ1n) is 4.73. The van der Waals surface area contributed by atoms with Crippen molar-refractivity contribution < 1.29 is 0 Å². The van der Waals surface area contributed by atoms with E-state index in [2.05, 4.69) is 29.4 Å². The van der Waals surface area contributed by atoms with Gasteiger partial charge in [-0.2, -0.15) is 0 Å². The smallest absolute Gasteiger partial charge is 0.267 e. The number of H-pyrrole nitrogens is 2. The molecule has 1 atom stereocenters. The molecule has 0 fully saturated rings. The maximum absolute atomic E-state index is 11.3. The number of aromatic amines is 2. The van der Waals surface area contributed by atoms with Gasteiger partial charge in [0, 0.05) is 12.1 Å². The Morgan fingerprint density at radius 3 is 2.85 bits per heavy atom. The molecule has 0 aromatic carbocycles.